The maximum absolute atomic E-state index is 11.6. The van der Waals surface area contributed by atoms with Gasteiger partial charge in [0.1, 0.15) is 5.82 Å². The van der Waals surface area contributed by atoms with Crippen LogP contribution in [0.2, 0.25) is 0 Å². The highest BCUT2D eigenvalue weighted by Gasteiger charge is 2.20. The number of halogens is 1. The van der Waals surface area contributed by atoms with Gasteiger partial charge in [-0.25, -0.2) is 14.6 Å². The highest BCUT2D eigenvalue weighted by Crippen LogP contribution is 2.29. The Bertz CT molecular complexity index is 731. The van der Waals surface area contributed by atoms with Gasteiger partial charge in [0.2, 0.25) is 5.91 Å². The molecule has 1 saturated heterocycles. The van der Waals surface area contributed by atoms with E-state index in [0.717, 1.165) is 40.9 Å². The summed E-state index contributed by atoms with van der Waals surface area (Å²) in [7, 11) is 0. The Morgan fingerprint density at radius 3 is 2.88 bits per heavy atom. The van der Waals surface area contributed by atoms with E-state index in [0.29, 0.717) is 24.8 Å². The lowest BCUT2D eigenvalue weighted by Crippen LogP contribution is -2.27. The summed E-state index contributed by atoms with van der Waals surface area (Å²) in [5.74, 6) is 1.97. The van der Waals surface area contributed by atoms with Crippen LogP contribution in [0.15, 0.2) is 11.4 Å². The molecule has 3 heterocycles. The molecule has 3 rings (SSSR count). The van der Waals surface area contributed by atoms with Gasteiger partial charge in [-0.2, -0.15) is 5.10 Å². The normalized spacial score (nSPS) is 14.4. The third-order valence-electron chi connectivity index (χ3n) is 4.10. The van der Waals surface area contributed by atoms with Crippen molar-refractivity contribution in [1.82, 2.24) is 25.1 Å². The molecule has 2 aromatic heterocycles. The number of hydrogen-bond acceptors (Lipinski definition) is 6. The van der Waals surface area contributed by atoms with Crippen LogP contribution in [0.1, 0.15) is 26.2 Å². The van der Waals surface area contributed by atoms with Gasteiger partial charge in [0.25, 0.3) is 0 Å². The molecular formula is C16H23BrN6OS. The number of alkyl halides is 1. The van der Waals surface area contributed by atoms with Crippen molar-refractivity contribution >= 4 is 50.5 Å². The molecule has 1 aliphatic rings. The third kappa shape index (κ3) is 4.44. The molecule has 7 nitrogen and oxygen atoms in total. The summed E-state index contributed by atoms with van der Waals surface area (Å²) in [6.45, 7) is 5.32. The first-order valence-electron chi connectivity index (χ1n) is 8.67. The molecule has 0 unspecified atom stereocenters. The van der Waals surface area contributed by atoms with Crippen LogP contribution in [0.4, 0.5) is 5.82 Å². The Labute approximate surface area is 160 Å². The molecule has 2 aromatic rings. The van der Waals surface area contributed by atoms with Crippen molar-refractivity contribution < 1.29 is 4.79 Å². The van der Waals surface area contributed by atoms with Crippen molar-refractivity contribution in [3.8, 4) is 0 Å². The number of rotatable bonds is 8. The summed E-state index contributed by atoms with van der Waals surface area (Å²) in [6.07, 6.45) is 4.74. The van der Waals surface area contributed by atoms with E-state index in [1.54, 1.807) is 11.8 Å². The van der Waals surface area contributed by atoms with Crippen LogP contribution in [0.3, 0.4) is 0 Å². The average Bonchev–Trinajstić information content (AvgIpc) is 3.25. The van der Waals surface area contributed by atoms with Crippen LogP contribution < -0.4 is 10.2 Å². The van der Waals surface area contributed by atoms with E-state index in [1.807, 2.05) is 10.9 Å². The van der Waals surface area contributed by atoms with Crippen molar-refractivity contribution in [3.05, 3.63) is 6.20 Å². The minimum Gasteiger partial charge on any atom is -0.356 e. The standard InChI is InChI=1S/C16H23BrN6OS/c1-2-25-16-20-14(22-8-3-4-9-22)12-11-19-23(15(12)21-16)10-7-18-13(24)5-6-17/h11H,2-10H2,1H3,(H,18,24). The Morgan fingerprint density at radius 2 is 2.16 bits per heavy atom. The van der Waals surface area contributed by atoms with Crippen LogP contribution in [0.25, 0.3) is 11.0 Å². The highest BCUT2D eigenvalue weighted by molar-refractivity contribution is 9.09. The monoisotopic (exact) mass is 426 g/mol. The highest BCUT2D eigenvalue weighted by atomic mass is 79.9. The first kappa shape index (κ1) is 18.4. The molecule has 9 heteroatoms. The number of anilines is 1. The van der Waals surface area contributed by atoms with Crippen LogP contribution in [-0.4, -0.2) is 56.4 Å². The van der Waals surface area contributed by atoms with Crippen molar-refractivity contribution in [2.24, 2.45) is 0 Å². The first-order valence-corrected chi connectivity index (χ1v) is 10.8. The van der Waals surface area contributed by atoms with Crippen molar-refractivity contribution in [3.63, 3.8) is 0 Å². The number of fused-ring (bicyclic) bond motifs is 1. The number of aromatic nitrogens is 4. The second-order valence-electron chi connectivity index (χ2n) is 5.85. The Balaban J connectivity index is 1.83. The van der Waals surface area contributed by atoms with E-state index in [1.165, 1.54) is 12.8 Å². The Hall–Kier alpha value is -1.35. The maximum atomic E-state index is 11.6. The van der Waals surface area contributed by atoms with Gasteiger partial charge >= 0.3 is 0 Å². The molecule has 1 aliphatic heterocycles. The minimum absolute atomic E-state index is 0.0444. The number of carbonyl (C=O) groups is 1. The topological polar surface area (TPSA) is 75.9 Å². The molecule has 0 bridgehead atoms. The molecule has 1 N–H and O–H groups in total. The zero-order valence-corrected chi connectivity index (χ0v) is 16.8. The van der Waals surface area contributed by atoms with Gasteiger partial charge in [-0.1, -0.05) is 34.6 Å². The quantitative estimate of drug-likeness (QED) is 0.396. The zero-order chi connectivity index (χ0) is 17.6. The fourth-order valence-corrected chi connectivity index (χ4v) is 3.84. The smallest absolute Gasteiger partial charge is 0.220 e. The second kappa shape index (κ2) is 8.84. The molecule has 1 fully saturated rings. The number of amides is 1. The molecule has 0 aliphatic carbocycles. The predicted molar refractivity (Wildman–Crippen MR) is 105 cm³/mol. The largest absolute Gasteiger partial charge is 0.356 e. The van der Waals surface area contributed by atoms with Crippen LogP contribution in [0, 0.1) is 0 Å². The number of nitrogens with zero attached hydrogens (tertiary/aromatic N) is 5. The average molecular weight is 427 g/mol. The van der Waals surface area contributed by atoms with E-state index in [-0.39, 0.29) is 5.91 Å². The zero-order valence-electron chi connectivity index (χ0n) is 14.4. The Morgan fingerprint density at radius 1 is 1.36 bits per heavy atom. The molecule has 0 aromatic carbocycles. The predicted octanol–water partition coefficient (Wildman–Crippen LogP) is 2.44. The Kier molecular flexibility index (Phi) is 6.52. The lowest BCUT2D eigenvalue weighted by molar-refractivity contribution is -0.120. The molecule has 0 radical (unpaired) electrons. The van der Waals surface area contributed by atoms with E-state index in [4.69, 9.17) is 9.97 Å². The van der Waals surface area contributed by atoms with Gasteiger partial charge in [-0.05, 0) is 18.6 Å². The summed E-state index contributed by atoms with van der Waals surface area (Å²) in [5, 5.41) is 9.86. The number of carbonyl (C=O) groups excluding carboxylic acids is 1. The fourth-order valence-electron chi connectivity index (χ4n) is 2.92. The summed E-state index contributed by atoms with van der Waals surface area (Å²) in [5.41, 5.74) is 0.850. The molecule has 136 valence electrons. The van der Waals surface area contributed by atoms with E-state index in [2.05, 4.69) is 38.2 Å². The van der Waals surface area contributed by atoms with Crippen LogP contribution in [0.5, 0.6) is 0 Å². The van der Waals surface area contributed by atoms with Gasteiger partial charge in [-0.15, -0.1) is 0 Å². The van der Waals surface area contributed by atoms with Crippen molar-refractivity contribution in [1.29, 1.82) is 0 Å². The van der Waals surface area contributed by atoms with Gasteiger partial charge in [-0.3, -0.25) is 4.79 Å². The van der Waals surface area contributed by atoms with Crippen LogP contribution >= 0.6 is 27.7 Å². The molecular weight excluding hydrogens is 404 g/mol. The molecule has 0 spiro atoms. The van der Waals surface area contributed by atoms with Gasteiger partial charge < -0.3 is 10.2 Å². The van der Waals surface area contributed by atoms with E-state index >= 15 is 0 Å². The van der Waals surface area contributed by atoms with Gasteiger partial charge in [0.15, 0.2) is 10.8 Å². The maximum Gasteiger partial charge on any atom is 0.220 e. The number of nitrogens with one attached hydrogen (secondary N) is 1. The second-order valence-corrected chi connectivity index (χ2v) is 7.88. The SMILES string of the molecule is CCSc1nc(N2CCCC2)c2cnn(CCNC(=O)CCBr)c2n1. The van der Waals surface area contributed by atoms with Gasteiger partial charge in [0, 0.05) is 31.4 Å². The van der Waals surface area contributed by atoms with Crippen molar-refractivity contribution in [2.45, 2.75) is 37.9 Å². The minimum atomic E-state index is 0.0444. The summed E-state index contributed by atoms with van der Waals surface area (Å²) < 4.78 is 1.87. The van der Waals surface area contributed by atoms with E-state index < -0.39 is 0 Å². The molecule has 1 amide bonds. The summed E-state index contributed by atoms with van der Waals surface area (Å²) in [6, 6.07) is 0. The van der Waals surface area contributed by atoms with E-state index in [9.17, 15) is 4.79 Å². The lowest BCUT2D eigenvalue weighted by Gasteiger charge is -2.17. The molecule has 25 heavy (non-hydrogen) atoms. The molecule has 0 atom stereocenters. The first-order chi connectivity index (χ1) is 12.2. The van der Waals surface area contributed by atoms with Gasteiger partial charge in [0.05, 0.1) is 18.1 Å². The third-order valence-corrected chi connectivity index (χ3v) is 5.23. The molecule has 0 saturated carbocycles. The summed E-state index contributed by atoms with van der Waals surface area (Å²) in [4.78, 5) is 23.4. The number of thioether (sulfide) groups is 1. The van der Waals surface area contributed by atoms with Crippen molar-refractivity contribution in [2.75, 3.05) is 35.6 Å². The van der Waals surface area contributed by atoms with Crippen LogP contribution in [-0.2, 0) is 11.3 Å². The lowest BCUT2D eigenvalue weighted by atomic mass is 10.3. The number of hydrogen-bond donors (Lipinski definition) is 1. The summed E-state index contributed by atoms with van der Waals surface area (Å²) >= 11 is 4.92. The fraction of sp³-hybridized carbons (Fsp3) is 0.625.